The minimum absolute atomic E-state index is 0. The topological polar surface area (TPSA) is 55.1 Å². The van der Waals surface area contributed by atoms with Crippen molar-refractivity contribution in [2.75, 3.05) is 6.54 Å². The Hall–Kier alpha value is -1.06. The van der Waals surface area contributed by atoms with Gasteiger partial charge >= 0.3 is 0 Å². The molecule has 0 aliphatic rings. The third kappa shape index (κ3) is 4.36. The minimum Gasteiger partial charge on any atom is -0.346 e. The summed E-state index contributed by atoms with van der Waals surface area (Å²) in [5, 5.41) is 2.90. The number of nitrogens with two attached hydrogens (primary N) is 1. The normalized spacial score (nSPS) is 10.6. The molecule has 1 rings (SSSR count). The molecule has 0 spiro atoms. The Balaban J connectivity index is 0.00000256. The Kier molecular flexibility index (Phi) is 5.66. The number of aryl methyl sites for hydroxylation is 2. The van der Waals surface area contributed by atoms with Crippen molar-refractivity contribution >= 4 is 18.3 Å². The molecule has 0 bridgehead atoms. The standard InChI is InChI=1S/C13H20N2O.ClH/c1-9-5-6-11(7-10(9)2)12(16)15-13(3,4)8-14;/h5-7H,8,14H2,1-4H3,(H,15,16);1H. The minimum atomic E-state index is -0.365. The van der Waals surface area contributed by atoms with E-state index in [9.17, 15) is 4.79 Å². The molecule has 0 aliphatic heterocycles. The molecule has 0 aliphatic carbocycles. The van der Waals surface area contributed by atoms with Crippen molar-refractivity contribution in [3.63, 3.8) is 0 Å². The van der Waals surface area contributed by atoms with Crippen LogP contribution in [0.3, 0.4) is 0 Å². The van der Waals surface area contributed by atoms with Crippen LogP contribution >= 0.6 is 12.4 Å². The number of benzene rings is 1. The van der Waals surface area contributed by atoms with Gasteiger partial charge in [0, 0.05) is 17.6 Å². The highest BCUT2D eigenvalue weighted by molar-refractivity contribution is 5.94. The molecule has 96 valence electrons. The second-order valence-corrected chi connectivity index (χ2v) is 4.84. The lowest BCUT2D eigenvalue weighted by molar-refractivity contribution is 0.0915. The molecule has 4 heteroatoms. The molecule has 0 heterocycles. The Bertz CT molecular complexity index is 402. The zero-order chi connectivity index (χ0) is 12.3. The predicted molar refractivity (Wildman–Crippen MR) is 73.8 cm³/mol. The van der Waals surface area contributed by atoms with E-state index in [1.54, 1.807) is 0 Å². The molecule has 3 N–H and O–H groups in total. The summed E-state index contributed by atoms with van der Waals surface area (Å²) in [6.45, 7) is 8.27. The van der Waals surface area contributed by atoms with E-state index in [4.69, 9.17) is 5.73 Å². The molecule has 0 unspecified atom stereocenters. The average molecular weight is 257 g/mol. The number of carbonyl (C=O) groups excluding carboxylic acids is 1. The number of hydrogen-bond acceptors (Lipinski definition) is 2. The van der Waals surface area contributed by atoms with Crippen LogP contribution in [0.15, 0.2) is 18.2 Å². The lowest BCUT2D eigenvalue weighted by atomic mass is 10.0. The van der Waals surface area contributed by atoms with Crippen molar-refractivity contribution in [2.24, 2.45) is 5.73 Å². The fourth-order valence-corrected chi connectivity index (χ4v) is 1.31. The molecule has 0 radical (unpaired) electrons. The third-order valence-electron chi connectivity index (χ3n) is 2.73. The van der Waals surface area contributed by atoms with Crippen LogP contribution in [0, 0.1) is 13.8 Å². The first-order valence-electron chi connectivity index (χ1n) is 5.45. The van der Waals surface area contributed by atoms with Gasteiger partial charge in [0.05, 0.1) is 0 Å². The molecule has 1 amide bonds. The highest BCUT2D eigenvalue weighted by atomic mass is 35.5. The SMILES string of the molecule is Cc1ccc(C(=O)NC(C)(C)CN)cc1C.Cl. The van der Waals surface area contributed by atoms with Crippen molar-refractivity contribution < 1.29 is 4.79 Å². The van der Waals surface area contributed by atoms with Crippen LogP contribution < -0.4 is 11.1 Å². The molecule has 1 aromatic rings. The molecular formula is C13H21ClN2O. The highest BCUT2D eigenvalue weighted by Crippen LogP contribution is 2.11. The summed E-state index contributed by atoms with van der Waals surface area (Å²) in [6, 6.07) is 5.70. The van der Waals surface area contributed by atoms with Crippen LogP contribution in [0.4, 0.5) is 0 Å². The summed E-state index contributed by atoms with van der Waals surface area (Å²) in [4.78, 5) is 11.9. The van der Waals surface area contributed by atoms with E-state index in [-0.39, 0.29) is 23.9 Å². The number of nitrogens with one attached hydrogen (secondary N) is 1. The highest BCUT2D eigenvalue weighted by Gasteiger charge is 2.19. The molecule has 0 atom stereocenters. The van der Waals surface area contributed by atoms with Crippen LogP contribution in [0.25, 0.3) is 0 Å². The van der Waals surface area contributed by atoms with Gasteiger partial charge in [-0.25, -0.2) is 0 Å². The zero-order valence-electron chi connectivity index (χ0n) is 10.8. The third-order valence-corrected chi connectivity index (χ3v) is 2.73. The van der Waals surface area contributed by atoms with Gasteiger partial charge in [0.25, 0.3) is 5.91 Å². The summed E-state index contributed by atoms with van der Waals surface area (Å²) < 4.78 is 0. The first-order chi connectivity index (χ1) is 7.35. The van der Waals surface area contributed by atoms with Crippen LogP contribution in [0.5, 0.6) is 0 Å². The lowest BCUT2D eigenvalue weighted by Gasteiger charge is -2.24. The van der Waals surface area contributed by atoms with E-state index >= 15 is 0 Å². The van der Waals surface area contributed by atoms with E-state index < -0.39 is 0 Å². The maximum Gasteiger partial charge on any atom is 0.251 e. The fourth-order valence-electron chi connectivity index (χ4n) is 1.31. The van der Waals surface area contributed by atoms with Gasteiger partial charge < -0.3 is 11.1 Å². The van der Waals surface area contributed by atoms with Gasteiger partial charge in [-0.3, -0.25) is 4.79 Å². The second kappa shape index (κ2) is 6.03. The fraction of sp³-hybridized carbons (Fsp3) is 0.462. The molecule has 0 aromatic heterocycles. The van der Waals surface area contributed by atoms with Crippen LogP contribution in [0.2, 0.25) is 0 Å². The van der Waals surface area contributed by atoms with E-state index in [0.717, 1.165) is 5.56 Å². The summed E-state index contributed by atoms with van der Waals surface area (Å²) in [7, 11) is 0. The van der Waals surface area contributed by atoms with Gasteiger partial charge in [-0.15, -0.1) is 12.4 Å². The maximum absolute atomic E-state index is 11.9. The number of hydrogen-bond donors (Lipinski definition) is 2. The van der Waals surface area contributed by atoms with Crippen LogP contribution in [-0.2, 0) is 0 Å². The van der Waals surface area contributed by atoms with Gasteiger partial charge in [-0.1, -0.05) is 6.07 Å². The molecular weight excluding hydrogens is 236 g/mol. The largest absolute Gasteiger partial charge is 0.346 e. The smallest absolute Gasteiger partial charge is 0.251 e. The number of amides is 1. The maximum atomic E-state index is 11.9. The van der Waals surface area contributed by atoms with E-state index in [1.165, 1.54) is 5.56 Å². The first kappa shape index (κ1) is 15.9. The lowest BCUT2D eigenvalue weighted by Crippen LogP contribution is -2.48. The number of halogens is 1. The van der Waals surface area contributed by atoms with E-state index in [1.807, 2.05) is 45.9 Å². The van der Waals surface area contributed by atoms with Gasteiger partial charge in [0.2, 0.25) is 0 Å². The van der Waals surface area contributed by atoms with Crippen LogP contribution in [-0.4, -0.2) is 18.0 Å². The summed E-state index contributed by atoms with van der Waals surface area (Å²) in [5.41, 5.74) is 8.20. The molecule has 0 fully saturated rings. The predicted octanol–water partition coefficient (Wildman–Crippen LogP) is 2.19. The zero-order valence-corrected chi connectivity index (χ0v) is 11.6. The van der Waals surface area contributed by atoms with Crippen molar-refractivity contribution in [3.8, 4) is 0 Å². The molecule has 1 aromatic carbocycles. The Morgan fingerprint density at radius 2 is 1.88 bits per heavy atom. The van der Waals surface area contributed by atoms with Crippen molar-refractivity contribution in [1.29, 1.82) is 0 Å². The van der Waals surface area contributed by atoms with Crippen molar-refractivity contribution in [1.82, 2.24) is 5.32 Å². The molecule has 0 saturated heterocycles. The summed E-state index contributed by atoms with van der Waals surface area (Å²) in [5.74, 6) is -0.0708. The average Bonchev–Trinajstić information content (AvgIpc) is 2.21. The van der Waals surface area contributed by atoms with Crippen molar-refractivity contribution in [2.45, 2.75) is 33.2 Å². The van der Waals surface area contributed by atoms with Crippen LogP contribution in [0.1, 0.15) is 35.3 Å². The molecule has 0 saturated carbocycles. The molecule has 3 nitrogen and oxygen atoms in total. The Morgan fingerprint density at radius 1 is 1.29 bits per heavy atom. The number of rotatable bonds is 3. The van der Waals surface area contributed by atoms with E-state index in [2.05, 4.69) is 5.32 Å². The van der Waals surface area contributed by atoms with Gasteiger partial charge in [0.1, 0.15) is 0 Å². The van der Waals surface area contributed by atoms with Gasteiger partial charge in [-0.05, 0) is 51.0 Å². The van der Waals surface area contributed by atoms with E-state index in [0.29, 0.717) is 12.1 Å². The van der Waals surface area contributed by atoms with Gasteiger partial charge in [-0.2, -0.15) is 0 Å². The van der Waals surface area contributed by atoms with Crippen molar-refractivity contribution in [3.05, 3.63) is 34.9 Å². The molecule has 17 heavy (non-hydrogen) atoms. The monoisotopic (exact) mass is 256 g/mol. The number of carbonyl (C=O) groups is 1. The summed E-state index contributed by atoms with van der Waals surface area (Å²) in [6.07, 6.45) is 0. The quantitative estimate of drug-likeness (QED) is 0.871. The second-order valence-electron chi connectivity index (χ2n) is 4.84. The first-order valence-corrected chi connectivity index (χ1v) is 5.45. The Morgan fingerprint density at radius 3 is 2.35 bits per heavy atom. The summed E-state index contributed by atoms with van der Waals surface area (Å²) >= 11 is 0. The Labute approximate surface area is 109 Å². The van der Waals surface area contributed by atoms with Gasteiger partial charge in [0.15, 0.2) is 0 Å².